The molecule has 0 aliphatic heterocycles. The summed E-state index contributed by atoms with van der Waals surface area (Å²) in [7, 11) is 0. The molecule has 0 spiro atoms. The van der Waals surface area contributed by atoms with Gasteiger partial charge in [0.05, 0.1) is 0 Å². The zero-order valence-electron chi connectivity index (χ0n) is 12.4. The summed E-state index contributed by atoms with van der Waals surface area (Å²) in [5, 5.41) is 14.9. The van der Waals surface area contributed by atoms with Crippen LogP contribution in [0.5, 0.6) is 5.75 Å². The largest absolute Gasteiger partial charge is 0.491 e. The van der Waals surface area contributed by atoms with Crippen LogP contribution in [0.2, 0.25) is 5.02 Å². The van der Waals surface area contributed by atoms with Crippen LogP contribution in [0.1, 0.15) is 25.7 Å². The van der Waals surface area contributed by atoms with Gasteiger partial charge in [0.1, 0.15) is 18.5 Å². The fraction of sp³-hybridized carbons (Fsp3) is 0.625. The monoisotopic (exact) mass is 329 g/mol. The van der Waals surface area contributed by atoms with E-state index in [1.165, 1.54) is 25.7 Å². The first-order valence-electron chi connectivity index (χ1n) is 7.50. The summed E-state index contributed by atoms with van der Waals surface area (Å²) in [6.07, 6.45) is 6.68. The van der Waals surface area contributed by atoms with Gasteiger partial charge in [0.15, 0.2) is 0 Å². The van der Waals surface area contributed by atoms with Crippen molar-refractivity contribution < 1.29 is 9.84 Å². The Hall–Kier alpha value is -0.420. The van der Waals surface area contributed by atoms with E-state index in [9.17, 15) is 5.11 Å². The molecule has 1 aromatic rings. The minimum Gasteiger partial charge on any atom is -0.491 e. The van der Waals surface area contributed by atoms with Crippen molar-refractivity contribution in [2.75, 3.05) is 19.4 Å². The second-order valence-electron chi connectivity index (χ2n) is 5.55. The van der Waals surface area contributed by atoms with E-state index in [0.717, 1.165) is 5.25 Å². The van der Waals surface area contributed by atoms with Crippen LogP contribution in [0.3, 0.4) is 0 Å². The molecular formula is C16H24ClNO2S. The zero-order valence-corrected chi connectivity index (χ0v) is 14.0. The van der Waals surface area contributed by atoms with E-state index < -0.39 is 6.10 Å². The Labute approximate surface area is 136 Å². The Bertz CT molecular complexity index is 432. The Balaban J connectivity index is 1.66. The average Bonchev–Trinajstić information content (AvgIpc) is 2.51. The molecule has 0 saturated heterocycles. The Kier molecular flexibility index (Phi) is 7.17. The maximum Gasteiger partial charge on any atom is 0.120 e. The molecule has 3 atom stereocenters. The van der Waals surface area contributed by atoms with Crippen molar-refractivity contribution in [2.24, 2.45) is 0 Å². The zero-order chi connectivity index (χ0) is 15.1. The SMILES string of the molecule is CSC1CCCC(NCC(O)COc2cccc(Cl)c2)C1. The Morgan fingerprint density at radius 1 is 1.48 bits per heavy atom. The minimum absolute atomic E-state index is 0.284. The summed E-state index contributed by atoms with van der Waals surface area (Å²) in [6.45, 7) is 0.859. The van der Waals surface area contributed by atoms with E-state index in [-0.39, 0.29) is 6.61 Å². The number of nitrogens with one attached hydrogen (secondary N) is 1. The lowest BCUT2D eigenvalue weighted by Gasteiger charge is -2.29. The van der Waals surface area contributed by atoms with Crippen molar-refractivity contribution in [3.63, 3.8) is 0 Å². The summed E-state index contributed by atoms with van der Waals surface area (Å²) < 4.78 is 5.55. The highest BCUT2D eigenvalue weighted by Crippen LogP contribution is 2.26. The van der Waals surface area contributed by atoms with Crippen molar-refractivity contribution in [1.82, 2.24) is 5.32 Å². The third kappa shape index (κ3) is 6.07. The quantitative estimate of drug-likeness (QED) is 0.805. The number of aliphatic hydroxyl groups excluding tert-OH is 1. The van der Waals surface area contributed by atoms with Crippen LogP contribution >= 0.6 is 23.4 Å². The van der Waals surface area contributed by atoms with E-state index >= 15 is 0 Å². The predicted molar refractivity (Wildman–Crippen MR) is 90.5 cm³/mol. The number of ether oxygens (including phenoxy) is 1. The van der Waals surface area contributed by atoms with Gasteiger partial charge < -0.3 is 15.2 Å². The number of halogens is 1. The van der Waals surface area contributed by atoms with Crippen LogP contribution in [0.4, 0.5) is 0 Å². The van der Waals surface area contributed by atoms with E-state index in [4.69, 9.17) is 16.3 Å². The van der Waals surface area contributed by atoms with Crippen molar-refractivity contribution in [1.29, 1.82) is 0 Å². The maximum atomic E-state index is 10.0. The number of benzene rings is 1. The first kappa shape index (κ1) is 16.9. The lowest BCUT2D eigenvalue weighted by Crippen LogP contribution is -2.41. The molecule has 0 aromatic heterocycles. The molecular weight excluding hydrogens is 306 g/mol. The molecule has 0 radical (unpaired) electrons. The number of aliphatic hydroxyl groups is 1. The molecule has 0 amide bonds. The van der Waals surface area contributed by atoms with Gasteiger partial charge in [0.2, 0.25) is 0 Å². The number of thioether (sulfide) groups is 1. The third-order valence-electron chi connectivity index (χ3n) is 3.84. The minimum atomic E-state index is -0.501. The first-order valence-corrected chi connectivity index (χ1v) is 9.16. The normalized spacial score (nSPS) is 23.8. The van der Waals surface area contributed by atoms with Crippen LogP contribution in [0.25, 0.3) is 0 Å². The van der Waals surface area contributed by atoms with Crippen LogP contribution in [-0.2, 0) is 0 Å². The molecule has 1 aliphatic carbocycles. The molecule has 1 saturated carbocycles. The van der Waals surface area contributed by atoms with Gasteiger partial charge in [-0.15, -0.1) is 0 Å². The van der Waals surface area contributed by atoms with Crippen LogP contribution in [0, 0.1) is 0 Å². The molecule has 3 unspecified atom stereocenters. The molecule has 1 aromatic carbocycles. The Morgan fingerprint density at radius 2 is 2.33 bits per heavy atom. The molecule has 3 nitrogen and oxygen atoms in total. The van der Waals surface area contributed by atoms with Crippen molar-refractivity contribution in [3.8, 4) is 5.75 Å². The van der Waals surface area contributed by atoms with Crippen molar-refractivity contribution in [3.05, 3.63) is 29.3 Å². The lowest BCUT2D eigenvalue weighted by molar-refractivity contribution is 0.102. The van der Waals surface area contributed by atoms with E-state index in [0.29, 0.717) is 23.4 Å². The van der Waals surface area contributed by atoms with Gasteiger partial charge in [-0.2, -0.15) is 11.8 Å². The highest BCUT2D eigenvalue weighted by atomic mass is 35.5. The third-order valence-corrected chi connectivity index (χ3v) is 5.17. The molecule has 2 N–H and O–H groups in total. The van der Waals surface area contributed by atoms with Gasteiger partial charge >= 0.3 is 0 Å². The summed E-state index contributed by atoms with van der Waals surface area (Å²) >= 11 is 7.85. The van der Waals surface area contributed by atoms with Crippen LogP contribution < -0.4 is 10.1 Å². The molecule has 5 heteroatoms. The molecule has 1 fully saturated rings. The fourth-order valence-electron chi connectivity index (χ4n) is 2.66. The predicted octanol–water partition coefficient (Wildman–Crippen LogP) is 3.34. The second-order valence-corrected chi connectivity index (χ2v) is 7.13. The standard InChI is InChI=1S/C16H24ClNO2S/c1-21-16-7-3-5-13(9-16)18-10-14(19)11-20-15-6-2-4-12(17)8-15/h2,4,6,8,13-14,16,18-19H,3,5,7,9-11H2,1H3. The highest BCUT2D eigenvalue weighted by Gasteiger charge is 2.21. The second kappa shape index (κ2) is 8.89. The van der Waals surface area contributed by atoms with Gasteiger partial charge in [-0.05, 0) is 43.7 Å². The number of rotatable bonds is 7. The van der Waals surface area contributed by atoms with Gasteiger partial charge in [-0.25, -0.2) is 0 Å². The van der Waals surface area contributed by atoms with Gasteiger partial charge in [0.25, 0.3) is 0 Å². The summed E-state index contributed by atoms with van der Waals surface area (Å²) in [5.74, 6) is 0.696. The van der Waals surface area contributed by atoms with E-state index in [1.807, 2.05) is 23.9 Å². The fourth-order valence-corrected chi connectivity index (χ4v) is 3.66. The van der Waals surface area contributed by atoms with Gasteiger partial charge in [-0.1, -0.05) is 24.1 Å². The molecule has 1 aliphatic rings. The first-order chi connectivity index (χ1) is 10.2. The number of hydrogen-bond donors (Lipinski definition) is 2. The molecule has 0 bridgehead atoms. The average molecular weight is 330 g/mol. The Morgan fingerprint density at radius 3 is 3.10 bits per heavy atom. The van der Waals surface area contributed by atoms with Gasteiger partial charge in [0, 0.05) is 22.9 Å². The lowest BCUT2D eigenvalue weighted by atomic mass is 9.95. The molecule has 118 valence electrons. The maximum absolute atomic E-state index is 10.0. The van der Waals surface area contributed by atoms with E-state index in [1.54, 1.807) is 12.1 Å². The molecule has 2 rings (SSSR count). The van der Waals surface area contributed by atoms with Crippen LogP contribution in [0.15, 0.2) is 24.3 Å². The van der Waals surface area contributed by atoms with Crippen molar-refractivity contribution >= 4 is 23.4 Å². The van der Waals surface area contributed by atoms with Crippen molar-refractivity contribution in [2.45, 2.75) is 43.1 Å². The molecule has 0 heterocycles. The summed E-state index contributed by atoms with van der Waals surface area (Å²) in [5.41, 5.74) is 0. The smallest absolute Gasteiger partial charge is 0.120 e. The van der Waals surface area contributed by atoms with E-state index in [2.05, 4.69) is 11.6 Å². The summed E-state index contributed by atoms with van der Waals surface area (Å²) in [4.78, 5) is 0. The topological polar surface area (TPSA) is 41.5 Å². The van der Waals surface area contributed by atoms with Gasteiger partial charge in [-0.3, -0.25) is 0 Å². The highest BCUT2D eigenvalue weighted by molar-refractivity contribution is 7.99. The number of hydrogen-bond acceptors (Lipinski definition) is 4. The van der Waals surface area contributed by atoms with Crippen LogP contribution in [-0.4, -0.2) is 41.9 Å². The summed E-state index contributed by atoms with van der Waals surface area (Å²) in [6, 6.07) is 7.77. The molecule has 21 heavy (non-hydrogen) atoms.